The molecule has 48 heteroatoms. The zero-order valence-corrected chi connectivity index (χ0v) is 48.3. The minimum Gasteiger partial charge on any atom is -0.479 e. The third kappa shape index (κ3) is 16.4. The lowest BCUT2D eigenvalue weighted by Crippen LogP contribution is -2.68. The largest absolute Gasteiger partial charge is 0.479 e. The Labute approximate surface area is 512 Å². The van der Waals surface area contributed by atoms with Crippen LogP contribution in [0.4, 0.5) is 0 Å². The van der Waals surface area contributed by atoms with Crippen LogP contribution in [-0.4, -0.2) is 398 Å². The van der Waals surface area contributed by atoms with Crippen LogP contribution < -0.4 is 0 Å². The minimum absolute atomic E-state index is 0.986. The Balaban J connectivity index is 1.23. The number of hydrogen-bond donors (Lipinski definition) is 26. The first-order valence-corrected chi connectivity index (χ1v) is 30.2. The molecule has 26 N–H and O–H groups in total. The smallest absolute Gasteiger partial charge is 0.475 e. The van der Waals surface area contributed by atoms with Crippen molar-refractivity contribution in [3.05, 3.63) is 0 Å². The molecule has 46 nitrogen and oxygen atoms in total. The average molecular weight is 1400 g/mol. The first-order valence-electron chi connectivity index (χ1n) is 27.2. The highest BCUT2D eigenvalue weighted by Crippen LogP contribution is 2.53. The van der Waals surface area contributed by atoms with Crippen LogP contribution in [0.25, 0.3) is 0 Å². The number of aliphatic hydroxyl groups excluding tert-OH is 20. The molecule has 7 fully saturated rings. The number of carbonyl (C=O) groups is 3. The van der Waals surface area contributed by atoms with Gasteiger partial charge in [0.15, 0.2) is 49.9 Å². The molecule has 0 radical (unpaired) electrons. The summed E-state index contributed by atoms with van der Waals surface area (Å²) in [4.78, 5) is 58.4. The lowest BCUT2D eigenvalue weighted by Gasteiger charge is -2.50. The van der Waals surface area contributed by atoms with Crippen LogP contribution in [0.15, 0.2) is 0 Å². The number of rotatable bonds is 25. The van der Waals surface area contributed by atoms with Crippen molar-refractivity contribution in [1.29, 1.82) is 0 Å². The summed E-state index contributed by atoms with van der Waals surface area (Å²) >= 11 is 0. The summed E-state index contributed by atoms with van der Waals surface area (Å²) in [7, 11) is -12.6. The number of carboxylic acids is 3. The van der Waals surface area contributed by atoms with Gasteiger partial charge in [-0.3, -0.25) is 18.1 Å². The van der Waals surface area contributed by atoms with E-state index in [0.717, 1.165) is 0 Å². The van der Waals surface area contributed by atoms with Crippen LogP contribution in [0.3, 0.4) is 0 Å². The van der Waals surface area contributed by atoms with E-state index in [2.05, 4.69) is 0 Å². The van der Waals surface area contributed by atoms with Crippen molar-refractivity contribution >= 4 is 33.6 Å². The fourth-order valence-corrected chi connectivity index (χ4v) is 12.6. The van der Waals surface area contributed by atoms with Crippen LogP contribution >= 0.6 is 15.6 Å². The number of phosphoric ester groups is 2. The quantitative estimate of drug-likeness (QED) is 0.0377. The van der Waals surface area contributed by atoms with Crippen LogP contribution in [0, 0.1) is 0 Å². The lowest BCUT2D eigenvalue weighted by molar-refractivity contribution is -0.394. The molecule has 0 aromatic heterocycles. The van der Waals surface area contributed by atoms with E-state index in [9.17, 15) is 156 Å². The standard InChI is InChI=1S/C44H72O46P2/c45-2-7(50)27-28(8(1-44(71,86-27)43(69)70)87-91(72,73)89-41-22(60)17(55)19(57)33(84-41)35(65)66)80-40-26(64)32(88-92(74,75)90-42-23(61)18(56)20(58)34(85-42)36(67)68)29(12(6-49)79-40)81-38-24(62)31(15(53)10(4-47)77-38)83-39-25(63)30(14(52)11(5-48)78-39)82-37-21(59)16(54)13(51)9(3-46)76-37/h7-34,37-42,45-64,71H,1-6H2,(H,65,66)(H,67,68)(H,69,70)(H,72,73)(H,74,75)/t7-,8-,9-,10-,11-,12-,13-,14-,15-,16+,17+,18+,19-,20-,21+,22-,23-,24-,25+,26+,27-,28-,29-,30+,31+,32-,33+,34+,37-,38+,39-,40-,41-,42-,44-/m1/s1. The molecule has 0 saturated carbocycles. The van der Waals surface area contributed by atoms with E-state index >= 15 is 0 Å². The van der Waals surface area contributed by atoms with E-state index < -0.39 is 287 Å². The molecular weight excluding hydrogens is 1330 g/mol. The number of phosphoric acid groups is 2. The molecule has 7 aliphatic heterocycles. The summed E-state index contributed by atoms with van der Waals surface area (Å²) in [5.41, 5.74) is 0. The maximum absolute atomic E-state index is 14.1. The summed E-state index contributed by atoms with van der Waals surface area (Å²) in [6.45, 7) is -6.54. The first kappa shape index (κ1) is 76.7. The van der Waals surface area contributed by atoms with E-state index in [4.69, 9.17) is 70.2 Å². The maximum Gasteiger partial charge on any atom is 0.475 e. The molecule has 0 aromatic carbocycles. The normalized spacial score (nSPS) is 48.8. The van der Waals surface area contributed by atoms with Crippen LogP contribution in [0.1, 0.15) is 6.42 Å². The van der Waals surface area contributed by atoms with Gasteiger partial charge < -0.3 is 184 Å². The van der Waals surface area contributed by atoms with Crippen molar-refractivity contribution in [3.63, 3.8) is 0 Å². The molecule has 0 aromatic rings. The molecule has 7 aliphatic rings. The molecule has 7 rings (SSSR count). The zero-order valence-electron chi connectivity index (χ0n) is 46.6. The predicted molar refractivity (Wildman–Crippen MR) is 266 cm³/mol. The molecule has 0 aliphatic carbocycles. The number of ether oxygens (including phenoxy) is 11. The molecule has 0 spiro atoms. The number of aliphatic hydroxyl groups is 21. The van der Waals surface area contributed by atoms with Crippen LogP contribution in [0.2, 0.25) is 0 Å². The Kier molecular flexibility index (Phi) is 25.9. The highest BCUT2D eigenvalue weighted by molar-refractivity contribution is 7.47. The second kappa shape index (κ2) is 31.0. The van der Waals surface area contributed by atoms with Crippen molar-refractivity contribution in [2.75, 3.05) is 33.0 Å². The van der Waals surface area contributed by atoms with Gasteiger partial charge >= 0.3 is 33.6 Å². The Morgan fingerprint density at radius 2 is 0.761 bits per heavy atom. The second-order valence-electron chi connectivity index (χ2n) is 21.7. The fourth-order valence-electron chi connectivity index (χ4n) is 10.5. The van der Waals surface area contributed by atoms with Gasteiger partial charge in [0, 0.05) is 6.42 Å². The van der Waals surface area contributed by atoms with Crippen molar-refractivity contribution in [2.24, 2.45) is 0 Å². The summed E-state index contributed by atoms with van der Waals surface area (Å²) in [5.74, 6) is -10.2. The fraction of sp³-hybridized carbons (Fsp3) is 0.932. The predicted octanol–water partition coefficient (Wildman–Crippen LogP) is -16.0. The molecule has 37 atom stereocenters. The minimum atomic E-state index is -6.36. The highest BCUT2D eigenvalue weighted by atomic mass is 31.2. The number of aliphatic carboxylic acids is 3. The third-order valence-corrected chi connectivity index (χ3v) is 17.5. The van der Waals surface area contributed by atoms with E-state index in [1.807, 2.05) is 0 Å². The van der Waals surface area contributed by atoms with E-state index in [-0.39, 0.29) is 0 Å². The maximum atomic E-state index is 14.1. The summed E-state index contributed by atoms with van der Waals surface area (Å²) in [5, 5.41) is 254. The van der Waals surface area contributed by atoms with E-state index in [0.29, 0.717) is 0 Å². The van der Waals surface area contributed by atoms with Crippen LogP contribution in [-0.2, 0) is 93.7 Å². The lowest BCUT2D eigenvalue weighted by atomic mass is 9.92. The average Bonchev–Trinajstić information content (AvgIpc) is 0.777. The zero-order chi connectivity index (χ0) is 68.7. The van der Waals surface area contributed by atoms with Gasteiger partial charge in [-0.05, 0) is 0 Å². The molecular formula is C44H72O46P2. The first-order chi connectivity index (χ1) is 42.9. The van der Waals surface area contributed by atoms with Crippen molar-refractivity contribution < 1.29 is 226 Å². The topological polar surface area (TPSA) is 750 Å². The van der Waals surface area contributed by atoms with Gasteiger partial charge in [-0.15, -0.1) is 0 Å². The highest BCUT2D eigenvalue weighted by Gasteiger charge is 2.62. The van der Waals surface area contributed by atoms with Gasteiger partial charge in [-0.25, -0.2) is 23.5 Å². The monoisotopic (exact) mass is 1400 g/mol. The van der Waals surface area contributed by atoms with Crippen LogP contribution in [0.5, 0.6) is 0 Å². The summed E-state index contributed by atoms with van der Waals surface area (Å²) < 4.78 is 107. The second-order valence-corrected chi connectivity index (χ2v) is 24.4. The summed E-state index contributed by atoms with van der Waals surface area (Å²) in [6, 6.07) is 0. The van der Waals surface area contributed by atoms with Crippen molar-refractivity contribution in [2.45, 2.75) is 221 Å². The molecule has 92 heavy (non-hydrogen) atoms. The van der Waals surface area contributed by atoms with E-state index in [1.165, 1.54) is 0 Å². The Bertz CT molecular complexity index is 2540. The van der Waals surface area contributed by atoms with Crippen molar-refractivity contribution in [1.82, 2.24) is 0 Å². The molecule has 534 valence electrons. The Morgan fingerprint density at radius 3 is 1.16 bits per heavy atom. The van der Waals surface area contributed by atoms with Gasteiger partial charge in [-0.2, -0.15) is 0 Å². The van der Waals surface area contributed by atoms with Gasteiger partial charge in [0.05, 0.1) is 33.0 Å². The Morgan fingerprint density at radius 1 is 0.413 bits per heavy atom. The molecule has 7 saturated heterocycles. The summed E-state index contributed by atoms with van der Waals surface area (Å²) in [6.07, 6.45) is -84.7. The van der Waals surface area contributed by atoms with Crippen molar-refractivity contribution in [3.8, 4) is 0 Å². The van der Waals surface area contributed by atoms with Gasteiger partial charge in [0.2, 0.25) is 0 Å². The van der Waals surface area contributed by atoms with Gasteiger partial charge in [0.1, 0.15) is 159 Å². The number of hydrogen-bond acceptors (Lipinski definition) is 41. The molecule has 7 heterocycles. The van der Waals surface area contributed by atoms with E-state index in [1.54, 1.807) is 0 Å². The third-order valence-electron chi connectivity index (χ3n) is 15.5. The van der Waals surface area contributed by atoms with Gasteiger partial charge in [0.25, 0.3) is 5.79 Å². The van der Waals surface area contributed by atoms with Gasteiger partial charge in [-0.1, -0.05) is 0 Å². The SMILES string of the molecule is O=C(O)[C@H]1O[C@H](OP(=O)(O)O[C@@H]2[C@H](O)[C@@H](O[C@H]3[C@@H]([C@H](O)CO)O[C@@](O)(C(=O)O)C[C@H]3OP(=O)(O)O[C@H]3O[C@H](C(=O)O)[C@H](O)[C@H](O)[C@H]3O)O[C@H](CO)[C@H]2O[C@@H]2O[C@H](CO)[C@@H](O)[C@H](O[C@H]3O[C@H](CO)[C@@H](O)[C@H](O[C@H]4O[C@H](CO)[C@@H](O)[C@H](O)[C@@H]4O)[C@@H]3O)[C@H]2O)[C@H](O)[C@@H](O)[C@H]1O. The molecule has 2 unspecified atom stereocenters. The Hall–Kier alpha value is -2.65. The molecule has 0 bridgehead atoms. The molecule has 0 amide bonds. The number of carboxylic acid groups (broad SMARTS) is 3.